The van der Waals surface area contributed by atoms with Crippen LogP contribution in [0.1, 0.15) is 11.3 Å². The predicted octanol–water partition coefficient (Wildman–Crippen LogP) is 2.16. The molecule has 1 aliphatic heterocycles. The van der Waals surface area contributed by atoms with Crippen LogP contribution >= 0.6 is 0 Å². The van der Waals surface area contributed by atoms with Crippen molar-refractivity contribution in [3.63, 3.8) is 0 Å². The van der Waals surface area contributed by atoms with Gasteiger partial charge in [-0.15, -0.1) is 0 Å². The Labute approximate surface area is 143 Å². The molecular weight excluding hydrogens is 322 g/mol. The quantitative estimate of drug-likeness (QED) is 0.785. The van der Waals surface area contributed by atoms with Crippen molar-refractivity contribution in [1.82, 2.24) is 15.2 Å². The molecule has 7 heteroatoms. The number of H-pyrrole nitrogens is 1. The molecule has 0 aliphatic carbocycles. The van der Waals surface area contributed by atoms with Crippen LogP contribution in [0.15, 0.2) is 47.3 Å². The summed E-state index contributed by atoms with van der Waals surface area (Å²) in [6, 6.07) is 12.9. The van der Waals surface area contributed by atoms with Gasteiger partial charge in [-0.25, -0.2) is 10.1 Å². The highest BCUT2D eigenvalue weighted by Crippen LogP contribution is 2.32. The van der Waals surface area contributed by atoms with Crippen molar-refractivity contribution < 1.29 is 14.2 Å². The molecule has 0 radical (unpaired) electrons. The van der Waals surface area contributed by atoms with Crippen molar-refractivity contribution in [2.24, 2.45) is 0 Å². The first-order chi connectivity index (χ1) is 12.2. The van der Waals surface area contributed by atoms with Crippen LogP contribution in [0, 0.1) is 0 Å². The van der Waals surface area contributed by atoms with Crippen molar-refractivity contribution in [3.05, 3.63) is 64.1 Å². The second kappa shape index (κ2) is 6.27. The highest BCUT2D eigenvalue weighted by Gasteiger charge is 2.15. The molecule has 0 saturated carbocycles. The van der Waals surface area contributed by atoms with Gasteiger partial charge in [0.05, 0.1) is 7.11 Å². The maximum atomic E-state index is 12.1. The summed E-state index contributed by atoms with van der Waals surface area (Å²) in [6.07, 6.45) is 0.373. The van der Waals surface area contributed by atoms with Gasteiger partial charge in [-0.05, 0) is 42.0 Å². The summed E-state index contributed by atoms with van der Waals surface area (Å²) < 4.78 is 15.8. The second-order valence-corrected chi connectivity index (χ2v) is 5.53. The van der Waals surface area contributed by atoms with E-state index in [9.17, 15) is 4.79 Å². The van der Waals surface area contributed by atoms with Crippen LogP contribution in [0.5, 0.6) is 17.2 Å². The third-order valence-corrected chi connectivity index (χ3v) is 3.92. The third kappa shape index (κ3) is 3.03. The molecule has 25 heavy (non-hydrogen) atoms. The average Bonchev–Trinajstić information content (AvgIpc) is 3.11. The summed E-state index contributed by atoms with van der Waals surface area (Å²) in [5, 5.41) is 6.54. The molecule has 1 aliphatic rings. The molecule has 1 aromatic heterocycles. The van der Waals surface area contributed by atoms with E-state index in [-0.39, 0.29) is 12.4 Å². The van der Waals surface area contributed by atoms with Crippen LogP contribution in [0.25, 0.3) is 11.4 Å². The number of aromatic amines is 1. The molecule has 2 heterocycles. The summed E-state index contributed by atoms with van der Waals surface area (Å²) in [5.41, 5.74) is 1.78. The number of methoxy groups -OCH3 is 1. The van der Waals surface area contributed by atoms with E-state index in [4.69, 9.17) is 14.2 Å². The Bertz CT molecular complexity index is 967. The molecular formula is C18H15N3O4. The standard InChI is InChI=1S/C18H15N3O4/c1-23-13-5-3-12(4-6-13)17-19-14(18(22)21-20-17)8-11-2-7-15-16(9-11)25-10-24-15/h2-7,9H,8,10H2,1H3,(H,21,22). The van der Waals surface area contributed by atoms with E-state index in [0.717, 1.165) is 16.9 Å². The zero-order valence-corrected chi connectivity index (χ0v) is 13.5. The van der Waals surface area contributed by atoms with Gasteiger partial charge >= 0.3 is 0 Å². The van der Waals surface area contributed by atoms with Gasteiger partial charge in [0.1, 0.15) is 11.4 Å². The summed E-state index contributed by atoms with van der Waals surface area (Å²) in [7, 11) is 1.61. The van der Waals surface area contributed by atoms with E-state index in [1.165, 1.54) is 0 Å². The minimum atomic E-state index is -0.310. The lowest BCUT2D eigenvalue weighted by molar-refractivity contribution is 0.174. The van der Waals surface area contributed by atoms with Gasteiger partial charge in [-0.3, -0.25) is 4.79 Å². The number of nitrogens with one attached hydrogen (secondary N) is 1. The number of hydrogen-bond acceptors (Lipinski definition) is 6. The van der Waals surface area contributed by atoms with Gasteiger partial charge in [-0.1, -0.05) is 6.07 Å². The zero-order chi connectivity index (χ0) is 17.2. The SMILES string of the molecule is COc1ccc(-c2n[nH]c(=O)c(Cc3ccc4c(c3)OCO4)n2)cc1. The van der Waals surface area contributed by atoms with E-state index in [2.05, 4.69) is 15.2 Å². The molecule has 0 amide bonds. The van der Waals surface area contributed by atoms with Crippen molar-refractivity contribution in [1.29, 1.82) is 0 Å². The van der Waals surface area contributed by atoms with Crippen molar-refractivity contribution in [2.75, 3.05) is 13.9 Å². The summed E-state index contributed by atoms with van der Waals surface area (Å²) >= 11 is 0. The molecule has 0 unspecified atom stereocenters. The van der Waals surface area contributed by atoms with Gasteiger partial charge in [0, 0.05) is 12.0 Å². The number of nitrogens with zero attached hydrogens (tertiary/aromatic N) is 2. The molecule has 0 atom stereocenters. The van der Waals surface area contributed by atoms with Gasteiger partial charge in [-0.2, -0.15) is 5.10 Å². The van der Waals surface area contributed by atoms with Crippen LogP contribution in [-0.2, 0) is 6.42 Å². The molecule has 3 aromatic rings. The summed E-state index contributed by atoms with van der Waals surface area (Å²) in [4.78, 5) is 16.5. The molecule has 7 nitrogen and oxygen atoms in total. The Morgan fingerprint density at radius 2 is 1.92 bits per heavy atom. The maximum Gasteiger partial charge on any atom is 0.286 e. The minimum absolute atomic E-state index is 0.217. The molecule has 0 bridgehead atoms. The van der Waals surface area contributed by atoms with E-state index >= 15 is 0 Å². The van der Waals surface area contributed by atoms with Crippen LogP contribution < -0.4 is 19.8 Å². The number of aromatic nitrogens is 3. The molecule has 126 valence electrons. The Morgan fingerprint density at radius 1 is 1.12 bits per heavy atom. The molecule has 0 fully saturated rings. The Morgan fingerprint density at radius 3 is 2.72 bits per heavy atom. The predicted molar refractivity (Wildman–Crippen MR) is 90.0 cm³/mol. The van der Waals surface area contributed by atoms with E-state index in [1.54, 1.807) is 7.11 Å². The van der Waals surface area contributed by atoms with Gasteiger partial charge in [0.2, 0.25) is 6.79 Å². The zero-order valence-electron chi connectivity index (χ0n) is 13.5. The normalized spacial score (nSPS) is 12.2. The molecule has 1 N–H and O–H groups in total. The highest BCUT2D eigenvalue weighted by molar-refractivity contribution is 5.55. The fraction of sp³-hybridized carbons (Fsp3) is 0.167. The maximum absolute atomic E-state index is 12.1. The summed E-state index contributed by atoms with van der Waals surface area (Å²) in [6.45, 7) is 0.217. The monoisotopic (exact) mass is 337 g/mol. The second-order valence-electron chi connectivity index (χ2n) is 5.53. The lowest BCUT2D eigenvalue weighted by atomic mass is 10.1. The van der Waals surface area contributed by atoms with Crippen LogP contribution in [-0.4, -0.2) is 29.1 Å². The van der Waals surface area contributed by atoms with Gasteiger partial charge in [0.15, 0.2) is 17.3 Å². The van der Waals surface area contributed by atoms with E-state index in [0.29, 0.717) is 29.4 Å². The van der Waals surface area contributed by atoms with E-state index in [1.807, 2.05) is 42.5 Å². The molecule has 0 saturated heterocycles. The van der Waals surface area contributed by atoms with Crippen molar-refractivity contribution in [3.8, 4) is 28.6 Å². The fourth-order valence-corrected chi connectivity index (χ4v) is 2.61. The van der Waals surface area contributed by atoms with Crippen molar-refractivity contribution in [2.45, 2.75) is 6.42 Å². The number of hydrogen-bond donors (Lipinski definition) is 1. The number of ether oxygens (including phenoxy) is 3. The Balaban J connectivity index is 1.64. The number of fused-ring (bicyclic) bond motifs is 1. The lowest BCUT2D eigenvalue weighted by Crippen LogP contribution is -2.18. The first kappa shape index (κ1) is 15.2. The van der Waals surface area contributed by atoms with Crippen LogP contribution in [0.4, 0.5) is 0 Å². The lowest BCUT2D eigenvalue weighted by Gasteiger charge is -2.05. The number of benzene rings is 2. The first-order valence-corrected chi connectivity index (χ1v) is 7.71. The molecule has 4 rings (SSSR count). The van der Waals surface area contributed by atoms with E-state index < -0.39 is 0 Å². The summed E-state index contributed by atoms with van der Waals surface area (Å²) in [5.74, 6) is 2.59. The Kier molecular flexibility index (Phi) is 3.81. The van der Waals surface area contributed by atoms with Gasteiger partial charge in [0.25, 0.3) is 5.56 Å². The fourth-order valence-electron chi connectivity index (χ4n) is 2.61. The van der Waals surface area contributed by atoms with Crippen LogP contribution in [0.2, 0.25) is 0 Å². The third-order valence-electron chi connectivity index (χ3n) is 3.92. The largest absolute Gasteiger partial charge is 0.497 e. The Hall–Kier alpha value is -3.35. The molecule has 2 aromatic carbocycles. The van der Waals surface area contributed by atoms with Crippen LogP contribution in [0.3, 0.4) is 0 Å². The van der Waals surface area contributed by atoms with Crippen molar-refractivity contribution >= 4 is 0 Å². The highest BCUT2D eigenvalue weighted by atomic mass is 16.7. The smallest absolute Gasteiger partial charge is 0.286 e. The average molecular weight is 337 g/mol. The van der Waals surface area contributed by atoms with Gasteiger partial charge < -0.3 is 14.2 Å². The topological polar surface area (TPSA) is 86.3 Å². The molecule has 0 spiro atoms. The number of rotatable bonds is 4. The first-order valence-electron chi connectivity index (χ1n) is 7.71. The minimum Gasteiger partial charge on any atom is -0.497 e.